The minimum atomic E-state index is -0.445. The van der Waals surface area contributed by atoms with Gasteiger partial charge in [0.15, 0.2) is 11.5 Å². The molecule has 0 aliphatic heterocycles. The van der Waals surface area contributed by atoms with E-state index in [1.165, 1.54) is 34.0 Å². The van der Waals surface area contributed by atoms with Crippen LogP contribution in [0.4, 0.5) is 0 Å². The summed E-state index contributed by atoms with van der Waals surface area (Å²) in [5.74, 6) is 0.745. The van der Waals surface area contributed by atoms with E-state index in [4.69, 9.17) is 9.47 Å². The summed E-state index contributed by atoms with van der Waals surface area (Å²) in [6, 6.07) is 23.5. The van der Waals surface area contributed by atoms with E-state index in [1.54, 1.807) is 19.2 Å². The predicted molar refractivity (Wildman–Crippen MR) is 158 cm³/mol. The van der Waals surface area contributed by atoms with Gasteiger partial charge in [-0.25, -0.2) is 10.4 Å². The zero-order valence-corrected chi connectivity index (χ0v) is 23.0. The quantitative estimate of drug-likeness (QED) is 0.190. The molecule has 202 valence electrons. The second-order valence-corrected chi connectivity index (χ2v) is 10.0. The summed E-state index contributed by atoms with van der Waals surface area (Å²) in [7, 11) is 1.57. The van der Waals surface area contributed by atoms with Crippen LogP contribution in [-0.4, -0.2) is 35.4 Å². The van der Waals surface area contributed by atoms with E-state index in [2.05, 4.69) is 27.6 Å². The first kappa shape index (κ1) is 26.8. The molecule has 5 aromatic rings. The molecule has 1 amide bonds. The van der Waals surface area contributed by atoms with Gasteiger partial charge in [-0.05, 0) is 41.8 Å². The molecule has 2 heterocycles. The molecule has 0 atom stereocenters. The average Bonchev–Trinajstić information content (AvgIpc) is 3.41. The molecule has 0 aliphatic rings. The fourth-order valence-electron chi connectivity index (χ4n) is 4.20. The zero-order chi connectivity index (χ0) is 27.9. The Bertz CT molecular complexity index is 1710. The number of nitrogens with one attached hydrogen (secondary N) is 1. The summed E-state index contributed by atoms with van der Waals surface area (Å²) in [6.45, 7) is 2.32. The fourth-order valence-corrected chi connectivity index (χ4v) is 5.11. The number of benzene rings is 3. The van der Waals surface area contributed by atoms with E-state index in [1.807, 2.05) is 60.8 Å². The van der Waals surface area contributed by atoms with Gasteiger partial charge in [-0.2, -0.15) is 5.10 Å². The molecule has 0 fully saturated rings. The average molecular weight is 553 g/mol. The highest BCUT2D eigenvalue weighted by molar-refractivity contribution is 7.17. The summed E-state index contributed by atoms with van der Waals surface area (Å²) in [6.07, 6.45) is 3.68. The number of aromatic nitrogens is 2. The second kappa shape index (κ2) is 12.4. The highest BCUT2D eigenvalue weighted by Gasteiger charge is 2.14. The first-order valence-corrected chi connectivity index (χ1v) is 13.6. The second-order valence-electron chi connectivity index (χ2n) is 9.16. The van der Waals surface area contributed by atoms with Crippen molar-refractivity contribution < 1.29 is 14.3 Å². The standard InChI is InChI=1S/C31H28N4O4S/c1-21-8-11-24(12-9-21)25-19-40-30-29(25)31(37)35(20-32-30)18-28(36)34-33-17-23-10-13-26(27(16-23)38-2)39-15-14-22-6-4-3-5-7-22/h3-13,16-17,19-20H,14-15,18H2,1-2H3,(H,34,36)/b33-17-. The van der Waals surface area contributed by atoms with Crippen LogP contribution in [0.2, 0.25) is 0 Å². The fraction of sp³-hybridized carbons (Fsp3) is 0.161. The van der Waals surface area contributed by atoms with Crippen molar-refractivity contribution in [3.8, 4) is 22.6 Å². The van der Waals surface area contributed by atoms with E-state index in [-0.39, 0.29) is 12.1 Å². The molecule has 5 rings (SSSR count). The number of hydrogen-bond donors (Lipinski definition) is 1. The largest absolute Gasteiger partial charge is 0.493 e. The predicted octanol–water partition coefficient (Wildman–Crippen LogP) is 5.21. The van der Waals surface area contributed by atoms with Crippen LogP contribution in [0, 0.1) is 6.92 Å². The Morgan fingerprint density at radius 1 is 1.07 bits per heavy atom. The first-order valence-electron chi connectivity index (χ1n) is 12.7. The Labute approximate surface area is 235 Å². The highest BCUT2D eigenvalue weighted by Crippen LogP contribution is 2.31. The third-order valence-electron chi connectivity index (χ3n) is 6.32. The van der Waals surface area contributed by atoms with Crippen LogP contribution in [0.5, 0.6) is 11.5 Å². The van der Waals surface area contributed by atoms with Crippen molar-refractivity contribution in [2.45, 2.75) is 19.9 Å². The van der Waals surface area contributed by atoms with Gasteiger partial charge in [-0.1, -0.05) is 60.2 Å². The molecule has 2 aromatic heterocycles. The molecule has 0 saturated heterocycles. The number of nitrogens with zero attached hydrogens (tertiary/aromatic N) is 3. The van der Waals surface area contributed by atoms with Crippen LogP contribution in [-0.2, 0) is 17.8 Å². The maximum atomic E-state index is 13.2. The highest BCUT2D eigenvalue weighted by atomic mass is 32.1. The maximum Gasteiger partial charge on any atom is 0.263 e. The lowest BCUT2D eigenvalue weighted by Gasteiger charge is -2.11. The molecular weight excluding hydrogens is 524 g/mol. The summed E-state index contributed by atoms with van der Waals surface area (Å²) in [4.78, 5) is 30.8. The van der Waals surface area contributed by atoms with Gasteiger partial charge in [0.2, 0.25) is 0 Å². The van der Waals surface area contributed by atoms with Crippen LogP contribution in [0.1, 0.15) is 16.7 Å². The number of ether oxygens (including phenoxy) is 2. The first-order chi connectivity index (χ1) is 19.5. The van der Waals surface area contributed by atoms with E-state index < -0.39 is 5.91 Å². The number of thiophene rings is 1. The van der Waals surface area contributed by atoms with Gasteiger partial charge in [0.25, 0.3) is 11.5 Å². The summed E-state index contributed by atoms with van der Waals surface area (Å²) in [5.41, 5.74) is 7.01. The Balaban J connectivity index is 1.21. The van der Waals surface area contributed by atoms with Crippen LogP contribution in [0.15, 0.2) is 94.4 Å². The van der Waals surface area contributed by atoms with Gasteiger partial charge in [-0.15, -0.1) is 11.3 Å². The van der Waals surface area contributed by atoms with Gasteiger partial charge in [0.05, 0.1) is 31.6 Å². The summed E-state index contributed by atoms with van der Waals surface area (Å²) in [5, 5.41) is 6.47. The molecule has 0 saturated carbocycles. The third-order valence-corrected chi connectivity index (χ3v) is 7.21. The van der Waals surface area contributed by atoms with Gasteiger partial charge in [0.1, 0.15) is 11.4 Å². The Morgan fingerprint density at radius 3 is 2.65 bits per heavy atom. The van der Waals surface area contributed by atoms with E-state index in [0.29, 0.717) is 33.9 Å². The minimum Gasteiger partial charge on any atom is -0.493 e. The molecule has 40 heavy (non-hydrogen) atoms. The lowest BCUT2D eigenvalue weighted by molar-refractivity contribution is -0.121. The topological polar surface area (TPSA) is 94.8 Å². The SMILES string of the molecule is COc1cc(/C=N\NC(=O)Cn2cnc3scc(-c4ccc(C)cc4)c3c2=O)ccc1OCCc1ccccc1. The van der Waals surface area contributed by atoms with Gasteiger partial charge in [-0.3, -0.25) is 14.2 Å². The molecular formula is C31H28N4O4S. The van der Waals surface area contributed by atoms with Crippen molar-refractivity contribution in [2.75, 3.05) is 13.7 Å². The number of methoxy groups -OCH3 is 1. The number of hydrazone groups is 1. The van der Waals surface area contributed by atoms with Gasteiger partial charge < -0.3 is 9.47 Å². The molecule has 0 aliphatic carbocycles. The lowest BCUT2D eigenvalue weighted by Crippen LogP contribution is -2.30. The van der Waals surface area contributed by atoms with Crippen LogP contribution in [0.25, 0.3) is 21.3 Å². The molecule has 0 unspecified atom stereocenters. The zero-order valence-electron chi connectivity index (χ0n) is 22.2. The third kappa shape index (κ3) is 6.27. The number of hydrogen-bond acceptors (Lipinski definition) is 7. The summed E-state index contributed by atoms with van der Waals surface area (Å²) < 4.78 is 12.7. The number of carbonyl (C=O) groups excluding carboxylic acids is 1. The minimum absolute atomic E-state index is 0.209. The van der Waals surface area contributed by atoms with Crippen molar-refractivity contribution in [1.82, 2.24) is 15.0 Å². The number of aryl methyl sites for hydroxylation is 1. The van der Waals surface area contributed by atoms with Crippen LogP contribution in [0.3, 0.4) is 0 Å². The lowest BCUT2D eigenvalue weighted by atomic mass is 10.1. The van der Waals surface area contributed by atoms with E-state index >= 15 is 0 Å². The van der Waals surface area contributed by atoms with Crippen LogP contribution < -0.4 is 20.5 Å². The Morgan fingerprint density at radius 2 is 1.88 bits per heavy atom. The number of rotatable bonds is 10. The van der Waals surface area contributed by atoms with Crippen molar-refractivity contribution in [3.63, 3.8) is 0 Å². The molecule has 9 heteroatoms. The number of amides is 1. The molecule has 0 spiro atoms. The van der Waals surface area contributed by atoms with Crippen molar-refractivity contribution in [3.05, 3.63) is 112 Å². The van der Waals surface area contributed by atoms with E-state index in [9.17, 15) is 9.59 Å². The maximum absolute atomic E-state index is 13.2. The Hall–Kier alpha value is -4.76. The van der Waals surface area contributed by atoms with Crippen molar-refractivity contribution in [1.29, 1.82) is 0 Å². The number of fused-ring (bicyclic) bond motifs is 1. The molecule has 0 bridgehead atoms. The van der Waals surface area contributed by atoms with Crippen LogP contribution >= 0.6 is 11.3 Å². The van der Waals surface area contributed by atoms with Crippen molar-refractivity contribution in [2.24, 2.45) is 5.10 Å². The summed E-state index contributed by atoms with van der Waals surface area (Å²) >= 11 is 1.41. The molecule has 8 nitrogen and oxygen atoms in total. The normalized spacial score (nSPS) is 11.2. The molecule has 3 aromatic carbocycles. The molecule has 0 radical (unpaired) electrons. The van der Waals surface area contributed by atoms with E-state index in [0.717, 1.165) is 23.1 Å². The molecule has 1 N–H and O–H groups in total. The Kier molecular flexibility index (Phi) is 8.32. The monoisotopic (exact) mass is 552 g/mol. The van der Waals surface area contributed by atoms with Gasteiger partial charge in [0, 0.05) is 17.4 Å². The smallest absolute Gasteiger partial charge is 0.263 e. The van der Waals surface area contributed by atoms with Crippen molar-refractivity contribution >= 4 is 33.7 Å². The number of carbonyl (C=O) groups is 1. The van der Waals surface area contributed by atoms with Gasteiger partial charge >= 0.3 is 0 Å².